The molecule has 2 aromatic rings. The molecule has 0 saturated heterocycles. The van der Waals surface area contributed by atoms with Gasteiger partial charge in [-0.1, -0.05) is 12.1 Å². The second-order valence-corrected chi connectivity index (χ2v) is 7.09. The van der Waals surface area contributed by atoms with Crippen molar-refractivity contribution in [1.29, 1.82) is 0 Å². The first-order chi connectivity index (χ1) is 8.06. The van der Waals surface area contributed by atoms with Gasteiger partial charge in [-0.05, 0) is 106 Å². The fourth-order valence-electron chi connectivity index (χ4n) is 1.53. The number of halogens is 4. The highest BCUT2D eigenvalue weighted by Gasteiger charge is 2.02. The zero-order chi connectivity index (χ0) is 12.4. The van der Waals surface area contributed by atoms with Crippen LogP contribution in [0.1, 0.15) is 11.1 Å². The van der Waals surface area contributed by atoms with Gasteiger partial charge in [0.05, 0.1) is 0 Å². The third-order valence-corrected chi connectivity index (χ3v) is 6.14. The molecule has 4 heteroatoms. The van der Waals surface area contributed by atoms with Crippen molar-refractivity contribution in [3.05, 3.63) is 65.4 Å². The van der Waals surface area contributed by atoms with E-state index in [1.165, 1.54) is 11.1 Å². The molecule has 0 saturated carbocycles. The van der Waals surface area contributed by atoms with E-state index >= 15 is 0 Å². The van der Waals surface area contributed by atoms with Crippen LogP contribution in [0.4, 0.5) is 0 Å². The molecule has 0 radical (unpaired) electrons. The van der Waals surface area contributed by atoms with E-state index in [1.54, 1.807) is 0 Å². The van der Waals surface area contributed by atoms with Crippen LogP contribution in [0.3, 0.4) is 0 Å². The van der Waals surface area contributed by atoms with E-state index in [0.29, 0.717) is 0 Å². The summed E-state index contributed by atoms with van der Waals surface area (Å²) >= 11 is 14.0. The van der Waals surface area contributed by atoms with Crippen molar-refractivity contribution >= 4 is 63.7 Å². The minimum absolute atomic E-state index is 0.928. The second-order valence-electron chi connectivity index (χ2n) is 3.67. The lowest BCUT2D eigenvalue weighted by Crippen LogP contribution is -1.88. The largest absolute Gasteiger partial charge is 0.0575 e. The van der Waals surface area contributed by atoms with E-state index in [1.807, 2.05) is 0 Å². The third-order valence-electron chi connectivity index (χ3n) is 2.38. The topological polar surface area (TPSA) is 0 Å². The molecule has 88 valence electrons. The standard InChI is InChI=1S/C13H8Br4/c14-10-3-1-8(6-12(10)16)5-9-2-4-11(15)13(17)7-9/h1-4,6-7H,5H2. The van der Waals surface area contributed by atoms with Crippen molar-refractivity contribution in [1.82, 2.24) is 0 Å². The second kappa shape index (κ2) is 6.00. The predicted molar refractivity (Wildman–Crippen MR) is 86.5 cm³/mol. The van der Waals surface area contributed by atoms with Gasteiger partial charge in [0, 0.05) is 17.9 Å². The number of hydrogen-bond donors (Lipinski definition) is 0. The van der Waals surface area contributed by atoms with Gasteiger partial charge < -0.3 is 0 Å². The van der Waals surface area contributed by atoms with Crippen LogP contribution in [-0.4, -0.2) is 0 Å². The lowest BCUT2D eigenvalue weighted by molar-refractivity contribution is 1.18. The highest BCUT2D eigenvalue weighted by Crippen LogP contribution is 2.27. The van der Waals surface area contributed by atoms with Crippen molar-refractivity contribution < 1.29 is 0 Å². The maximum atomic E-state index is 3.52. The SMILES string of the molecule is Brc1ccc(Cc2ccc(Br)c(Br)c2)cc1Br. The van der Waals surface area contributed by atoms with Crippen molar-refractivity contribution in [2.24, 2.45) is 0 Å². The lowest BCUT2D eigenvalue weighted by Gasteiger charge is -2.05. The maximum Gasteiger partial charge on any atom is 0.0320 e. The van der Waals surface area contributed by atoms with Gasteiger partial charge in [-0.15, -0.1) is 0 Å². The molecule has 0 fully saturated rings. The molecule has 0 aliphatic carbocycles. The normalized spacial score (nSPS) is 10.6. The van der Waals surface area contributed by atoms with Crippen LogP contribution >= 0.6 is 63.7 Å². The molecule has 0 bridgehead atoms. The summed E-state index contributed by atoms with van der Waals surface area (Å²) in [5, 5.41) is 0. The molecular formula is C13H8Br4. The highest BCUT2D eigenvalue weighted by molar-refractivity contribution is 9.13. The Labute approximate surface area is 134 Å². The Bertz CT molecular complexity index is 500. The first-order valence-electron chi connectivity index (χ1n) is 4.94. The molecule has 0 unspecified atom stereocenters. The van der Waals surface area contributed by atoms with Gasteiger partial charge >= 0.3 is 0 Å². The van der Waals surface area contributed by atoms with Crippen LogP contribution < -0.4 is 0 Å². The van der Waals surface area contributed by atoms with Gasteiger partial charge in [-0.25, -0.2) is 0 Å². The molecule has 0 aliphatic rings. The smallest absolute Gasteiger partial charge is 0.0320 e. The highest BCUT2D eigenvalue weighted by atomic mass is 79.9. The molecule has 0 atom stereocenters. The van der Waals surface area contributed by atoms with Crippen molar-refractivity contribution in [2.45, 2.75) is 6.42 Å². The van der Waals surface area contributed by atoms with E-state index < -0.39 is 0 Å². The molecule has 17 heavy (non-hydrogen) atoms. The van der Waals surface area contributed by atoms with Crippen molar-refractivity contribution in [2.75, 3.05) is 0 Å². The molecule has 0 aliphatic heterocycles. The Balaban J connectivity index is 2.25. The minimum atomic E-state index is 0.928. The number of hydrogen-bond acceptors (Lipinski definition) is 0. The fourth-order valence-corrected chi connectivity index (χ4v) is 2.88. The summed E-state index contributed by atoms with van der Waals surface area (Å²) < 4.78 is 4.34. The summed E-state index contributed by atoms with van der Waals surface area (Å²) in [6.45, 7) is 0. The van der Waals surface area contributed by atoms with Gasteiger partial charge in [0.15, 0.2) is 0 Å². The molecule has 2 aromatic carbocycles. The quantitative estimate of drug-likeness (QED) is 0.468. The van der Waals surface area contributed by atoms with Gasteiger partial charge in [0.25, 0.3) is 0 Å². The molecule has 0 aromatic heterocycles. The molecule has 0 N–H and O–H groups in total. The minimum Gasteiger partial charge on any atom is -0.0575 e. The van der Waals surface area contributed by atoms with E-state index in [2.05, 4.69) is 100 Å². The van der Waals surface area contributed by atoms with Crippen LogP contribution in [0.2, 0.25) is 0 Å². The van der Waals surface area contributed by atoms with E-state index in [4.69, 9.17) is 0 Å². The Morgan fingerprint density at radius 1 is 0.588 bits per heavy atom. The molecule has 0 heterocycles. The average Bonchev–Trinajstić information content (AvgIpc) is 2.29. The summed E-state index contributed by atoms with van der Waals surface area (Å²) in [6, 6.07) is 12.7. The monoisotopic (exact) mass is 480 g/mol. The fraction of sp³-hybridized carbons (Fsp3) is 0.0769. The van der Waals surface area contributed by atoms with Gasteiger partial charge in [0.1, 0.15) is 0 Å². The molecule has 0 spiro atoms. The summed E-state index contributed by atoms with van der Waals surface area (Å²) in [7, 11) is 0. The van der Waals surface area contributed by atoms with Gasteiger partial charge in [-0.3, -0.25) is 0 Å². The zero-order valence-electron chi connectivity index (χ0n) is 8.68. The summed E-state index contributed by atoms with van der Waals surface area (Å²) in [6.07, 6.45) is 0.928. The van der Waals surface area contributed by atoms with E-state index in [0.717, 1.165) is 24.3 Å². The zero-order valence-corrected chi connectivity index (χ0v) is 15.0. The van der Waals surface area contributed by atoms with Crippen LogP contribution in [0.15, 0.2) is 54.3 Å². The van der Waals surface area contributed by atoms with Crippen LogP contribution in [0.5, 0.6) is 0 Å². The summed E-state index contributed by atoms with van der Waals surface area (Å²) in [5.41, 5.74) is 2.57. The van der Waals surface area contributed by atoms with Crippen molar-refractivity contribution in [3.8, 4) is 0 Å². The molecular weight excluding hydrogens is 476 g/mol. The number of rotatable bonds is 2. The van der Waals surface area contributed by atoms with Crippen LogP contribution in [0, 0.1) is 0 Å². The van der Waals surface area contributed by atoms with Crippen LogP contribution in [-0.2, 0) is 6.42 Å². The van der Waals surface area contributed by atoms with Crippen molar-refractivity contribution in [3.63, 3.8) is 0 Å². The maximum absolute atomic E-state index is 3.52. The Kier molecular flexibility index (Phi) is 4.87. The first kappa shape index (κ1) is 13.8. The van der Waals surface area contributed by atoms with E-state index in [-0.39, 0.29) is 0 Å². The summed E-state index contributed by atoms with van der Waals surface area (Å²) in [5.74, 6) is 0. The Morgan fingerprint density at radius 2 is 1.00 bits per heavy atom. The Hall–Kier alpha value is 0.360. The summed E-state index contributed by atoms with van der Waals surface area (Å²) in [4.78, 5) is 0. The molecule has 0 nitrogen and oxygen atoms in total. The Morgan fingerprint density at radius 3 is 1.35 bits per heavy atom. The molecule has 0 amide bonds. The van der Waals surface area contributed by atoms with Crippen LogP contribution in [0.25, 0.3) is 0 Å². The predicted octanol–water partition coefficient (Wildman–Crippen LogP) is 6.33. The third kappa shape index (κ3) is 3.66. The number of benzene rings is 2. The first-order valence-corrected chi connectivity index (χ1v) is 8.11. The van der Waals surface area contributed by atoms with Gasteiger partial charge in [-0.2, -0.15) is 0 Å². The van der Waals surface area contributed by atoms with E-state index in [9.17, 15) is 0 Å². The van der Waals surface area contributed by atoms with Gasteiger partial charge in [0.2, 0.25) is 0 Å². The average molecular weight is 484 g/mol. The molecule has 2 rings (SSSR count). The lowest BCUT2D eigenvalue weighted by atomic mass is 10.1.